The Kier molecular flexibility index (Phi) is 6.44. The van der Waals surface area contributed by atoms with E-state index in [1.165, 1.54) is 43.3 Å². The van der Waals surface area contributed by atoms with Crippen LogP contribution in [-0.2, 0) is 19.6 Å². The van der Waals surface area contributed by atoms with Crippen molar-refractivity contribution in [1.29, 1.82) is 0 Å². The normalized spacial score (nSPS) is 13.2. The zero-order chi connectivity index (χ0) is 22.6. The van der Waals surface area contributed by atoms with Crippen LogP contribution >= 0.6 is 0 Å². The summed E-state index contributed by atoms with van der Waals surface area (Å²) < 4.78 is 40.2. The Hall–Kier alpha value is -3.60. The largest absolute Gasteiger partial charge is 0.454 e. The van der Waals surface area contributed by atoms with Crippen molar-refractivity contribution < 1.29 is 37.0 Å². The zero-order valence-electron chi connectivity index (χ0n) is 16.7. The van der Waals surface area contributed by atoms with E-state index < -0.39 is 40.3 Å². The summed E-state index contributed by atoms with van der Waals surface area (Å²) in [7, 11) is -3.43. The number of carbonyl (C=O) groups excluding carboxylic acids is 3. The first kappa shape index (κ1) is 22.1. The van der Waals surface area contributed by atoms with Gasteiger partial charge in [-0.1, -0.05) is 0 Å². The van der Waals surface area contributed by atoms with Gasteiger partial charge in [0.1, 0.15) is 6.54 Å². The van der Waals surface area contributed by atoms with Crippen molar-refractivity contribution in [2.45, 2.75) is 13.0 Å². The third kappa shape index (κ3) is 5.95. The van der Waals surface area contributed by atoms with Crippen LogP contribution in [0, 0.1) is 0 Å². The Bertz CT molecular complexity index is 1110. The van der Waals surface area contributed by atoms with Crippen molar-refractivity contribution in [2.75, 3.05) is 24.3 Å². The fraction of sp³-hybridized carbons (Fsp3) is 0.250. The second kappa shape index (κ2) is 9.04. The van der Waals surface area contributed by atoms with E-state index in [9.17, 15) is 22.8 Å². The van der Waals surface area contributed by atoms with Crippen LogP contribution in [0.4, 0.5) is 5.69 Å². The van der Waals surface area contributed by atoms with Crippen molar-refractivity contribution in [3.05, 3.63) is 53.6 Å². The number of amides is 1. The minimum absolute atomic E-state index is 0.0790. The highest BCUT2D eigenvalue weighted by molar-refractivity contribution is 7.92. The molecule has 1 heterocycles. The fourth-order valence-corrected chi connectivity index (χ4v) is 3.30. The number of anilines is 1. The molecule has 31 heavy (non-hydrogen) atoms. The Balaban J connectivity index is 1.50. The van der Waals surface area contributed by atoms with E-state index in [1.807, 2.05) is 0 Å². The van der Waals surface area contributed by atoms with Gasteiger partial charge in [-0.3, -0.25) is 19.1 Å². The summed E-state index contributed by atoms with van der Waals surface area (Å²) in [5, 5.41) is 2.42. The van der Waals surface area contributed by atoms with Crippen LogP contribution < -0.4 is 19.5 Å². The van der Waals surface area contributed by atoms with Crippen LogP contribution in [0.3, 0.4) is 0 Å². The number of ketones is 1. The number of Topliss-reactive ketones (excluding diaryl/α,β-unsaturated/α-hetero) is 1. The minimum atomic E-state index is -3.43. The Labute approximate surface area is 178 Å². The maximum absolute atomic E-state index is 12.4. The van der Waals surface area contributed by atoms with E-state index in [-0.39, 0.29) is 17.9 Å². The highest BCUT2D eigenvalue weighted by Gasteiger charge is 2.21. The lowest BCUT2D eigenvalue weighted by molar-refractivity contribution is -0.145. The second-order valence-corrected chi connectivity index (χ2v) is 8.45. The van der Waals surface area contributed by atoms with Crippen LogP contribution in [0.1, 0.15) is 27.6 Å². The van der Waals surface area contributed by atoms with Gasteiger partial charge < -0.3 is 19.5 Å². The quantitative estimate of drug-likeness (QED) is 0.456. The Morgan fingerprint density at radius 2 is 1.68 bits per heavy atom. The molecule has 11 heteroatoms. The smallest absolute Gasteiger partial charge is 0.326 e. The molecule has 2 aromatic carbocycles. The molecule has 2 aromatic rings. The number of sulfonamides is 1. The standard InChI is InChI=1S/C20H20N2O8S/c1-12(19(24)13-3-6-15(7-4-13)22-31(2,26)27)30-18(23)10-21-20(25)14-5-8-16-17(9-14)29-11-28-16/h3-9,12,22H,10-11H2,1-2H3,(H,21,25)/t12-/m0/s1. The number of ether oxygens (including phenoxy) is 3. The molecule has 0 spiro atoms. The molecule has 0 aliphatic carbocycles. The molecule has 0 saturated heterocycles. The number of esters is 1. The molecule has 0 saturated carbocycles. The van der Waals surface area contributed by atoms with Gasteiger partial charge in [-0.15, -0.1) is 0 Å². The number of hydrogen-bond donors (Lipinski definition) is 2. The monoisotopic (exact) mass is 448 g/mol. The van der Waals surface area contributed by atoms with Gasteiger partial charge in [-0.25, -0.2) is 8.42 Å². The van der Waals surface area contributed by atoms with Crippen LogP contribution in [0.2, 0.25) is 0 Å². The van der Waals surface area contributed by atoms with Crippen molar-refractivity contribution in [3.8, 4) is 11.5 Å². The lowest BCUT2D eigenvalue weighted by Gasteiger charge is -2.13. The molecule has 0 fully saturated rings. The summed E-state index contributed by atoms with van der Waals surface area (Å²) in [6, 6.07) is 10.3. The van der Waals surface area contributed by atoms with E-state index in [1.54, 1.807) is 6.07 Å². The molecule has 2 N–H and O–H groups in total. The van der Waals surface area contributed by atoms with Crippen molar-refractivity contribution in [3.63, 3.8) is 0 Å². The first-order valence-corrected chi connectivity index (χ1v) is 11.0. The van der Waals surface area contributed by atoms with Crippen LogP contribution in [0.25, 0.3) is 0 Å². The number of carbonyl (C=O) groups is 3. The van der Waals surface area contributed by atoms with E-state index in [0.29, 0.717) is 17.2 Å². The topological polar surface area (TPSA) is 137 Å². The van der Waals surface area contributed by atoms with Crippen molar-refractivity contribution >= 4 is 33.4 Å². The molecule has 0 radical (unpaired) electrons. The predicted octanol–water partition coefficient (Wildman–Crippen LogP) is 1.33. The van der Waals surface area contributed by atoms with Crippen LogP contribution in [0.5, 0.6) is 11.5 Å². The molecule has 3 rings (SSSR count). The van der Waals surface area contributed by atoms with E-state index in [0.717, 1.165) is 6.26 Å². The number of fused-ring (bicyclic) bond motifs is 1. The summed E-state index contributed by atoms with van der Waals surface area (Å²) in [5.74, 6) is -0.800. The van der Waals surface area contributed by atoms with Gasteiger partial charge in [0, 0.05) is 16.8 Å². The SMILES string of the molecule is C[C@H](OC(=O)CNC(=O)c1ccc2c(c1)OCO2)C(=O)c1ccc(NS(C)(=O)=O)cc1. The van der Waals surface area contributed by atoms with Gasteiger partial charge in [0.25, 0.3) is 5.91 Å². The molecule has 1 aliphatic rings. The fourth-order valence-electron chi connectivity index (χ4n) is 2.74. The minimum Gasteiger partial charge on any atom is -0.454 e. The highest BCUT2D eigenvalue weighted by Crippen LogP contribution is 2.32. The Morgan fingerprint density at radius 1 is 1.03 bits per heavy atom. The molecule has 1 atom stereocenters. The van der Waals surface area contributed by atoms with Gasteiger partial charge in [0.05, 0.1) is 6.26 Å². The zero-order valence-corrected chi connectivity index (χ0v) is 17.5. The molecule has 0 aromatic heterocycles. The maximum atomic E-state index is 12.4. The lowest BCUT2D eigenvalue weighted by atomic mass is 10.1. The van der Waals surface area contributed by atoms with E-state index in [2.05, 4.69) is 10.0 Å². The highest BCUT2D eigenvalue weighted by atomic mass is 32.2. The lowest BCUT2D eigenvalue weighted by Crippen LogP contribution is -2.34. The van der Waals surface area contributed by atoms with E-state index >= 15 is 0 Å². The summed E-state index contributed by atoms with van der Waals surface area (Å²) in [6.45, 7) is 1.06. The molecular weight excluding hydrogens is 428 g/mol. The predicted molar refractivity (Wildman–Crippen MR) is 110 cm³/mol. The third-order valence-electron chi connectivity index (χ3n) is 4.18. The number of benzene rings is 2. The summed E-state index contributed by atoms with van der Waals surface area (Å²) in [4.78, 5) is 36.6. The van der Waals surface area contributed by atoms with Crippen LogP contribution in [-0.4, -0.2) is 51.8 Å². The van der Waals surface area contributed by atoms with Crippen molar-refractivity contribution in [2.24, 2.45) is 0 Å². The average Bonchev–Trinajstić information content (AvgIpc) is 3.18. The first-order valence-electron chi connectivity index (χ1n) is 9.12. The molecule has 1 aliphatic heterocycles. The molecule has 10 nitrogen and oxygen atoms in total. The third-order valence-corrected chi connectivity index (χ3v) is 4.78. The number of rotatable bonds is 8. The summed E-state index contributed by atoms with van der Waals surface area (Å²) in [5.41, 5.74) is 0.822. The molecule has 1 amide bonds. The molecular formula is C20H20N2O8S. The maximum Gasteiger partial charge on any atom is 0.326 e. The first-order chi connectivity index (χ1) is 14.6. The van der Waals surface area contributed by atoms with E-state index in [4.69, 9.17) is 14.2 Å². The Morgan fingerprint density at radius 3 is 2.35 bits per heavy atom. The van der Waals surface area contributed by atoms with Gasteiger partial charge in [-0.05, 0) is 49.4 Å². The molecule has 164 valence electrons. The van der Waals surface area contributed by atoms with Gasteiger partial charge >= 0.3 is 5.97 Å². The van der Waals surface area contributed by atoms with Gasteiger partial charge in [-0.2, -0.15) is 0 Å². The molecule has 0 bridgehead atoms. The summed E-state index contributed by atoms with van der Waals surface area (Å²) in [6.07, 6.45) is -0.0810. The molecule has 0 unspecified atom stereocenters. The van der Waals surface area contributed by atoms with Gasteiger partial charge in [0.15, 0.2) is 17.6 Å². The average molecular weight is 448 g/mol. The van der Waals surface area contributed by atoms with Gasteiger partial charge in [0.2, 0.25) is 22.6 Å². The van der Waals surface area contributed by atoms with Crippen LogP contribution in [0.15, 0.2) is 42.5 Å². The number of hydrogen-bond acceptors (Lipinski definition) is 8. The second-order valence-electron chi connectivity index (χ2n) is 6.70. The number of nitrogens with one attached hydrogen (secondary N) is 2. The summed E-state index contributed by atoms with van der Waals surface area (Å²) >= 11 is 0. The van der Waals surface area contributed by atoms with Crippen molar-refractivity contribution in [1.82, 2.24) is 5.32 Å².